The summed E-state index contributed by atoms with van der Waals surface area (Å²) in [5, 5.41) is 2.45. The van der Waals surface area contributed by atoms with Gasteiger partial charge in [-0.25, -0.2) is 0 Å². The van der Waals surface area contributed by atoms with Crippen molar-refractivity contribution in [3.05, 3.63) is 47.5 Å². The summed E-state index contributed by atoms with van der Waals surface area (Å²) in [5.41, 5.74) is 5.10. The van der Waals surface area contributed by atoms with Gasteiger partial charge < -0.3 is 24.3 Å². The third-order valence-corrected chi connectivity index (χ3v) is 3.99. The SMILES string of the molecule is O=C(CNC(=O)c1ccc2c(c1)OCO2)NNC(=O)c1ccc2c(c1)OCO2. The predicted octanol–water partition coefficient (Wildman–Crippen LogP) is 0.335. The average molecular weight is 385 g/mol. The number of hydrazine groups is 1. The Labute approximate surface area is 158 Å². The summed E-state index contributed by atoms with van der Waals surface area (Å²) in [5.74, 6) is 0.433. The minimum atomic E-state index is -0.594. The first-order valence-corrected chi connectivity index (χ1v) is 8.27. The van der Waals surface area contributed by atoms with Crippen LogP contribution < -0.4 is 35.1 Å². The number of ether oxygens (including phenoxy) is 4. The van der Waals surface area contributed by atoms with Crippen LogP contribution in [0.25, 0.3) is 0 Å². The molecule has 2 heterocycles. The molecule has 4 rings (SSSR count). The van der Waals surface area contributed by atoms with E-state index in [4.69, 9.17) is 18.9 Å². The molecular formula is C18H15N3O7. The Bertz CT molecular complexity index is 885. The Morgan fingerprint density at radius 2 is 1.25 bits per heavy atom. The monoisotopic (exact) mass is 385 g/mol. The lowest BCUT2D eigenvalue weighted by molar-refractivity contribution is -0.120. The van der Waals surface area contributed by atoms with Gasteiger partial charge in [0.1, 0.15) is 0 Å². The zero-order chi connectivity index (χ0) is 19.5. The van der Waals surface area contributed by atoms with Gasteiger partial charge in [-0.2, -0.15) is 0 Å². The van der Waals surface area contributed by atoms with Gasteiger partial charge in [-0.3, -0.25) is 25.2 Å². The normalized spacial score (nSPS) is 13.0. The second-order valence-corrected chi connectivity index (χ2v) is 5.82. The van der Waals surface area contributed by atoms with Crippen molar-refractivity contribution >= 4 is 17.7 Å². The van der Waals surface area contributed by atoms with Gasteiger partial charge in [-0.15, -0.1) is 0 Å². The van der Waals surface area contributed by atoms with Crippen LogP contribution in [-0.4, -0.2) is 37.9 Å². The average Bonchev–Trinajstić information content (AvgIpc) is 3.37. The molecule has 0 radical (unpaired) electrons. The first kappa shape index (κ1) is 17.5. The number of benzene rings is 2. The van der Waals surface area contributed by atoms with Crippen LogP contribution >= 0.6 is 0 Å². The molecule has 0 atom stereocenters. The Kier molecular flexibility index (Phi) is 4.58. The fraction of sp³-hybridized carbons (Fsp3) is 0.167. The maximum Gasteiger partial charge on any atom is 0.269 e. The molecule has 28 heavy (non-hydrogen) atoms. The second-order valence-electron chi connectivity index (χ2n) is 5.82. The van der Waals surface area contributed by atoms with Crippen molar-refractivity contribution in [3.8, 4) is 23.0 Å². The standard InChI is InChI=1S/C18H15N3O7/c22-16(7-19-17(23)10-1-3-12-14(5-10)27-8-25-12)20-21-18(24)11-2-4-13-15(6-11)28-9-26-13/h1-6H,7-9H2,(H,19,23)(H,20,22)(H,21,24). The molecule has 0 saturated heterocycles. The lowest BCUT2D eigenvalue weighted by Gasteiger charge is -2.09. The van der Waals surface area contributed by atoms with Crippen molar-refractivity contribution in [1.29, 1.82) is 0 Å². The van der Waals surface area contributed by atoms with Crippen molar-refractivity contribution in [2.24, 2.45) is 0 Å². The van der Waals surface area contributed by atoms with E-state index < -0.39 is 17.7 Å². The molecule has 2 aromatic carbocycles. The van der Waals surface area contributed by atoms with Crippen molar-refractivity contribution in [2.75, 3.05) is 20.1 Å². The number of hydrogen-bond donors (Lipinski definition) is 3. The van der Waals surface area contributed by atoms with Crippen molar-refractivity contribution in [3.63, 3.8) is 0 Å². The molecule has 2 aromatic rings. The van der Waals surface area contributed by atoms with Crippen LogP contribution in [0.3, 0.4) is 0 Å². The molecule has 3 N–H and O–H groups in total. The minimum absolute atomic E-state index is 0.0974. The zero-order valence-electron chi connectivity index (χ0n) is 14.4. The molecule has 0 unspecified atom stereocenters. The first-order chi connectivity index (χ1) is 13.6. The van der Waals surface area contributed by atoms with Crippen LogP contribution in [0.15, 0.2) is 36.4 Å². The fourth-order valence-corrected chi connectivity index (χ4v) is 2.58. The van der Waals surface area contributed by atoms with Crippen LogP contribution in [0.1, 0.15) is 20.7 Å². The first-order valence-electron chi connectivity index (χ1n) is 8.27. The number of carbonyl (C=O) groups is 3. The third-order valence-electron chi connectivity index (χ3n) is 3.99. The Morgan fingerprint density at radius 1 is 0.714 bits per heavy atom. The summed E-state index contributed by atoms with van der Waals surface area (Å²) >= 11 is 0. The van der Waals surface area contributed by atoms with Gasteiger partial charge in [0.2, 0.25) is 13.6 Å². The smallest absolute Gasteiger partial charge is 0.269 e. The molecule has 0 bridgehead atoms. The van der Waals surface area contributed by atoms with E-state index in [1.807, 2.05) is 0 Å². The summed E-state index contributed by atoms with van der Waals surface area (Å²) in [6.45, 7) is -0.124. The van der Waals surface area contributed by atoms with E-state index in [0.29, 0.717) is 28.6 Å². The summed E-state index contributed by atoms with van der Waals surface area (Å²) < 4.78 is 20.7. The van der Waals surface area contributed by atoms with E-state index in [0.717, 1.165) is 0 Å². The zero-order valence-corrected chi connectivity index (χ0v) is 14.4. The molecule has 0 saturated carbocycles. The number of carbonyl (C=O) groups excluding carboxylic acids is 3. The van der Waals surface area contributed by atoms with E-state index in [1.54, 1.807) is 18.2 Å². The maximum atomic E-state index is 12.1. The van der Waals surface area contributed by atoms with E-state index in [2.05, 4.69) is 16.2 Å². The van der Waals surface area contributed by atoms with E-state index >= 15 is 0 Å². The highest BCUT2D eigenvalue weighted by molar-refractivity contribution is 5.98. The van der Waals surface area contributed by atoms with Gasteiger partial charge in [-0.1, -0.05) is 0 Å². The molecule has 2 aliphatic rings. The molecule has 0 spiro atoms. The van der Waals surface area contributed by atoms with Crippen LogP contribution in [0.4, 0.5) is 0 Å². The Balaban J connectivity index is 1.25. The van der Waals surface area contributed by atoms with Crippen LogP contribution in [0.2, 0.25) is 0 Å². The van der Waals surface area contributed by atoms with Crippen molar-refractivity contribution in [2.45, 2.75) is 0 Å². The molecule has 10 heteroatoms. The quantitative estimate of drug-likeness (QED) is 0.648. The number of nitrogens with one attached hydrogen (secondary N) is 3. The molecule has 2 aliphatic heterocycles. The lowest BCUT2D eigenvalue weighted by atomic mass is 10.2. The molecule has 3 amide bonds. The van der Waals surface area contributed by atoms with E-state index in [1.165, 1.54) is 18.2 Å². The van der Waals surface area contributed by atoms with Gasteiger partial charge >= 0.3 is 0 Å². The van der Waals surface area contributed by atoms with Crippen LogP contribution in [-0.2, 0) is 4.79 Å². The van der Waals surface area contributed by atoms with Gasteiger partial charge in [0.25, 0.3) is 17.7 Å². The van der Waals surface area contributed by atoms with Crippen molar-refractivity contribution in [1.82, 2.24) is 16.2 Å². The highest BCUT2D eigenvalue weighted by Crippen LogP contribution is 2.33. The van der Waals surface area contributed by atoms with E-state index in [-0.39, 0.29) is 25.7 Å². The van der Waals surface area contributed by atoms with Crippen LogP contribution in [0, 0.1) is 0 Å². The van der Waals surface area contributed by atoms with Crippen LogP contribution in [0.5, 0.6) is 23.0 Å². The molecule has 10 nitrogen and oxygen atoms in total. The summed E-state index contributed by atoms with van der Waals surface area (Å²) in [6.07, 6.45) is 0. The highest BCUT2D eigenvalue weighted by atomic mass is 16.7. The fourth-order valence-electron chi connectivity index (χ4n) is 2.58. The van der Waals surface area contributed by atoms with E-state index in [9.17, 15) is 14.4 Å². The molecule has 144 valence electrons. The van der Waals surface area contributed by atoms with Gasteiger partial charge in [0.15, 0.2) is 23.0 Å². The summed E-state index contributed by atoms with van der Waals surface area (Å²) in [7, 11) is 0. The second kappa shape index (κ2) is 7.35. The number of amides is 3. The Hall–Kier alpha value is -3.95. The predicted molar refractivity (Wildman–Crippen MR) is 93.1 cm³/mol. The van der Waals surface area contributed by atoms with Gasteiger partial charge in [0.05, 0.1) is 6.54 Å². The number of hydrogen-bond acceptors (Lipinski definition) is 7. The number of fused-ring (bicyclic) bond motifs is 2. The summed E-state index contributed by atoms with van der Waals surface area (Å²) in [6, 6.07) is 9.34. The topological polar surface area (TPSA) is 124 Å². The van der Waals surface area contributed by atoms with Gasteiger partial charge in [-0.05, 0) is 36.4 Å². The van der Waals surface area contributed by atoms with Gasteiger partial charge in [0, 0.05) is 11.1 Å². The largest absolute Gasteiger partial charge is 0.454 e. The lowest BCUT2D eigenvalue weighted by Crippen LogP contribution is -2.46. The van der Waals surface area contributed by atoms with Crippen molar-refractivity contribution < 1.29 is 33.3 Å². The molecule has 0 aliphatic carbocycles. The highest BCUT2D eigenvalue weighted by Gasteiger charge is 2.18. The number of rotatable bonds is 4. The molecule has 0 fully saturated rings. The third kappa shape index (κ3) is 3.61. The maximum absolute atomic E-state index is 12.1. The summed E-state index contributed by atoms with van der Waals surface area (Å²) in [4.78, 5) is 36.1. The Morgan fingerprint density at radius 3 is 1.86 bits per heavy atom. The molecule has 0 aromatic heterocycles. The molecular weight excluding hydrogens is 370 g/mol. The minimum Gasteiger partial charge on any atom is -0.454 e.